The molecule has 270 valence electrons. The number of unbranched alkanes of at least 4 members (excludes halogenated alkanes) is 4. The van der Waals surface area contributed by atoms with Crippen LogP contribution in [0, 0.1) is 17.8 Å². The Bertz CT molecular complexity index is 1320. The monoisotopic (exact) mass is 681 g/mol. The van der Waals surface area contributed by atoms with E-state index in [1.54, 1.807) is 39.8 Å². The van der Waals surface area contributed by atoms with Crippen LogP contribution in [0.1, 0.15) is 98.0 Å². The topological polar surface area (TPSA) is 168 Å². The number of carbonyl (C=O) groups excluding carboxylic acids is 6. The first-order valence-corrected chi connectivity index (χ1v) is 17.5. The number of carbonyl (C=O) groups is 6. The van der Waals surface area contributed by atoms with E-state index < -0.39 is 47.7 Å². The maximum absolute atomic E-state index is 13.5. The molecule has 11 nitrogen and oxygen atoms in total. The van der Waals surface area contributed by atoms with Crippen LogP contribution in [0.4, 0.5) is 0 Å². The molecule has 1 aromatic carbocycles. The molecule has 0 spiro atoms. The van der Waals surface area contributed by atoms with Gasteiger partial charge >= 0.3 is 5.97 Å². The van der Waals surface area contributed by atoms with Crippen molar-refractivity contribution in [1.29, 1.82) is 0 Å². The predicted molar refractivity (Wildman–Crippen MR) is 187 cm³/mol. The first kappa shape index (κ1) is 40.9. The standard InChI is InChI=1S/C38H55N3O8/c1-6-7-8-9-10-11-12-13-29(42)19-21-34(46)40-35(25(2)3)32(44)23-28-16-20-33(45)41-36(26(4)5)37(47)39-31(38(48)49-24-28)22-27-14-17-30(43)18-15-27/h11-12,14-18,20,25-26,28,31,35-36,43H,6-10,13,19,21-24H2,1-5H3,(H,39,47)(H,40,46)(H,41,45)/b12-11-,20-16+/t28-,31-,35-,36-/m0/s1. The molecule has 0 fully saturated rings. The van der Waals surface area contributed by atoms with Gasteiger partial charge < -0.3 is 25.8 Å². The van der Waals surface area contributed by atoms with Crippen LogP contribution in [-0.4, -0.2) is 65.1 Å². The summed E-state index contributed by atoms with van der Waals surface area (Å²) in [6.45, 7) is 9.03. The molecule has 1 aliphatic rings. The summed E-state index contributed by atoms with van der Waals surface area (Å²) in [5.41, 5.74) is 0.662. The third-order valence-electron chi connectivity index (χ3n) is 8.34. The van der Waals surface area contributed by atoms with Crippen molar-refractivity contribution >= 4 is 35.3 Å². The number of Topliss-reactive ketones (excluding diaryl/α,β-unsaturated/α-hetero) is 2. The summed E-state index contributed by atoms with van der Waals surface area (Å²) >= 11 is 0. The van der Waals surface area contributed by atoms with E-state index in [2.05, 4.69) is 22.9 Å². The molecule has 0 aromatic heterocycles. The van der Waals surface area contributed by atoms with Crippen molar-refractivity contribution in [2.24, 2.45) is 17.8 Å². The molecule has 1 aliphatic heterocycles. The average molecular weight is 682 g/mol. The minimum Gasteiger partial charge on any atom is -0.508 e. The molecule has 0 radical (unpaired) electrons. The maximum atomic E-state index is 13.5. The number of hydrogen-bond acceptors (Lipinski definition) is 8. The molecule has 0 bridgehead atoms. The number of phenolic OH excluding ortho intramolecular Hbond substituents is 1. The molecule has 2 rings (SSSR count). The normalized spacial score (nSPS) is 20.1. The van der Waals surface area contributed by atoms with Crippen molar-refractivity contribution < 1.29 is 38.6 Å². The fourth-order valence-electron chi connectivity index (χ4n) is 5.38. The summed E-state index contributed by atoms with van der Waals surface area (Å²) in [7, 11) is 0. The van der Waals surface area contributed by atoms with Crippen LogP contribution in [0.5, 0.6) is 5.75 Å². The number of esters is 1. The van der Waals surface area contributed by atoms with Crippen molar-refractivity contribution in [1.82, 2.24) is 16.0 Å². The minimum atomic E-state index is -1.10. The molecule has 0 aliphatic carbocycles. The Morgan fingerprint density at radius 2 is 1.69 bits per heavy atom. The van der Waals surface area contributed by atoms with E-state index in [9.17, 15) is 33.9 Å². The van der Waals surface area contributed by atoms with E-state index in [1.807, 2.05) is 12.2 Å². The van der Waals surface area contributed by atoms with Gasteiger partial charge in [0.15, 0.2) is 5.78 Å². The third-order valence-corrected chi connectivity index (χ3v) is 8.34. The van der Waals surface area contributed by atoms with Crippen molar-refractivity contribution in [2.45, 2.75) is 117 Å². The first-order valence-electron chi connectivity index (χ1n) is 17.5. The van der Waals surface area contributed by atoms with Crippen LogP contribution in [0.2, 0.25) is 0 Å². The molecule has 49 heavy (non-hydrogen) atoms. The number of phenols is 1. The number of rotatable bonds is 18. The van der Waals surface area contributed by atoms with Crippen LogP contribution in [-0.2, 0) is 39.9 Å². The van der Waals surface area contributed by atoms with Crippen molar-refractivity contribution in [2.75, 3.05) is 6.61 Å². The second-order valence-corrected chi connectivity index (χ2v) is 13.4. The molecule has 11 heteroatoms. The van der Waals surface area contributed by atoms with Crippen LogP contribution in [0.3, 0.4) is 0 Å². The molecule has 4 atom stereocenters. The lowest BCUT2D eigenvalue weighted by molar-refractivity contribution is -0.149. The number of ketones is 2. The van der Waals surface area contributed by atoms with Gasteiger partial charge in [-0.2, -0.15) is 0 Å². The van der Waals surface area contributed by atoms with Gasteiger partial charge in [0.2, 0.25) is 17.7 Å². The Labute approximate surface area is 290 Å². The highest BCUT2D eigenvalue weighted by atomic mass is 16.5. The Morgan fingerprint density at radius 3 is 2.35 bits per heavy atom. The van der Waals surface area contributed by atoms with Crippen molar-refractivity contribution in [3.8, 4) is 5.75 Å². The molecule has 0 unspecified atom stereocenters. The lowest BCUT2D eigenvalue weighted by atomic mass is 9.92. The highest BCUT2D eigenvalue weighted by Gasteiger charge is 2.32. The number of cyclic esters (lactones) is 1. The Balaban J connectivity index is 2.09. The highest BCUT2D eigenvalue weighted by Crippen LogP contribution is 2.17. The molecule has 1 aromatic rings. The summed E-state index contributed by atoms with van der Waals surface area (Å²) < 4.78 is 5.60. The highest BCUT2D eigenvalue weighted by molar-refractivity contribution is 5.95. The largest absolute Gasteiger partial charge is 0.508 e. The minimum absolute atomic E-state index is 0.0358. The van der Waals surface area contributed by atoms with Gasteiger partial charge in [0.05, 0.1) is 12.6 Å². The van der Waals surface area contributed by atoms with Crippen molar-refractivity contribution in [3.63, 3.8) is 0 Å². The van der Waals surface area contributed by atoms with E-state index >= 15 is 0 Å². The van der Waals surface area contributed by atoms with E-state index in [1.165, 1.54) is 43.5 Å². The van der Waals surface area contributed by atoms with Gasteiger partial charge in [-0.3, -0.25) is 24.0 Å². The number of nitrogens with one attached hydrogen (secondary N) is 3. The SMILES string of the molecule is CCCCCC/C=C\CC(=O)CCC(=O)N[C@H](C(=O)C[C@@H]1/C=C/C(=O)N[C@@H](C(C)C)C(=O)N[C@@H](Cc2ccc(O)cc2)C(=O)OC1)C(C)C. The third kappa shape index (κ3) is 15.7. The predicted octanol–water partition coefficient (Wildman–Crippen LogP) is 4.66. The summed E-state index contributed by atoms with van der Waals surface area (Å²) in [6.07, 6.45) is 12.4. The molecule has 1 heterocycles. The van der Waals surface area contributed by atoms with Crippen LogP contribution in [0.25, 0.3) is 0 Å². The lowest BCUT2D eigenvalue weighted by Crippen LogP contribution is -2.54. The van der Waals surface area contributed by atoms with Crippen LogP contribution in [0.15, 0.2) is 48.6 Å². The summed E-state index contributed by atoms with van der Waals surface area (Å²) in [5.74, 6) is -3.78. The Hall–Kier alpha value is -4.28. The zero-order chi connectivity index (χ0) is 36.3. The number of aromatic hydroxyl groups is 1. The fraction of sp³-hybridized carbons (Fsp3) is 0.579. The number of amides is 3. The van der Waals surface area contributed by atoms with Crippen LogP contribution >= 0.6 is 0 Å². The van der Waals surface area contributed by atoms with E-state index in [0.29, 0.717) is 5.56 Å². The second-order valence-electron chi connectivity index (χ2n) is 13.4. The van der Waals surface area contributed by atoms with Gasteiger partial charge in [0.1, 0.15) is 23.6 Å². The average Bonchev–Trinajstić information content (AvgIpc) is 3.05. The van der Waals surface area contributed by atoms with Crippen LogP contribution < -0.4 is 16.0 Å². The zero-order valence-electron chi connectivity index (χ0n) is 29.7. The number of benzene rings is 1. The summed E-state index contributed by atoms with van der Waals surface area (Å²) in [5, 5.41) is 17.8. The smallest absolute Gasteiger partial charge is 0.329 e. The van der Waals surface area contributed by atoms with Gasteiger partial charge in [-0.05, 0) is 48.4 Å². The van der Waals surface area contributed by atoms with Gasteiger partial charge in [-0.1, -0.05) is 84.2 Å². The van der Waals surface area contributed by atoms with Gasteiger partial charge in [-0.15, -0.1) is 0 Å². The summed E-state index contributed by atoms with van der Waals surface area (Å²) in [4.78, 5) is 77.9. The first-order chi connectivity index (χ1) is 23.3. The summed E-state index contributed by atoms with van der Waals surface area (Å²) in [6, 6.07) is 3.31. The second kappa shape index (κ2) is 21.6. The molecule has 0 saturated heterocycles. The quantitative estimate of drug-likeness (QED) is 0.0986. The molecular formula is C38H55N3O8. The van der Waals surface area contributed by atoms with E-state index in [0.717, 1.165) is 12.8 Å². The van der Waals surface area contributed by atoms with E-state index in [-0.39, 0.29) is 67.9 Å². The maximum Gasteiger partial charge on any atom is 0.329 e. The lowest BCUT2D eigenvalue weighted by Gasteiger charge is -2.26. The Morgan fingerprint density at radius 1 is 0.980 bits per heavy atom. The van der Waals surface area contributed by atoms with Crippen molar-refractivity contribution in [3.05, 3.63) is 54.1 Å². The van der Waals surface area contributed by atoms with Gasteiger partial charge in [0, 0.05) is 38.0 Å². The number of hydrogen-bond donors (Lipinski definition) is 4. The Kier molecular flexibility index (Phi) is 18.1. The molecule has 4 N–H and O–H groups in total. The number of ether oxygens (including phenoxy) is 1. The molecule has 3 amide bonds. The molecule has 0 saturated carbocycles. The fourth-order valence-corrected chi connectivity index (χ4v) is 5.38. The molecular weight excluding hydrogens is 626 g/mol. The number of allylic oxidation sites excluding steroid dienone is 2. The van der Waals surface area contributed by atoms with Gasteiger partial charge in [-0.25, -0.2) is 4.79 Å². The zero-order valence-corrected chi connectivity index (χ0v) is 29.7. The van der Waals surface area contributed by atoms with Gasteiger partial charge in [0.25, 0.3) is 0 Å². The van der Waals surface area contributed by atoms with E-state index in [4.69, 9.17) is 4.74 Å².